The van der Waals surface area contributed by atoms with Gasteiger partial charge in [-0.2, -0.15) is 5.26 Å². The number of carbonyl (C=O) groups excluding carboxylic acids is 1. The Bertz CT molecular complexity index is 575. The number of nitrogens with one attached hydrogen (secondary N) is 1. The molecule has 106 valence electrons. The van der Waals surface area contributed by atoms with Gasteiger partial charge in [0, 0.05) is 6.07 Å². The molecule has 0 aliphatic heterocycles. The highest BCUT2D eigenvalue weighted by molar-refractivity contribution is 5.98. The lowest BCUT2D eigenvalue weighted by Gasteiger charge is -2.18. The van der Waals surface area contributed by atoms with Crippen LogP contribution in [-0.2, 0) is 0 Å². The van der Waals surface area contributed by atoms with Crippen molar-refractivity contribution in [2.45, 2.75) is 26.3 Å². The predicted molar refractivity (Wildman–Crippen MR) is 71.4 cm³/mol. The summed E-state index contributed by atoms with van der Waals surface area (Å²) in [5.41, 5.74) is -1.33. The minimum atomic E-state index is -1.08. The number of nitro groups is 1. The van der Waals surface area contributed by atoms with Crippen LogP contribution in [0.25, 0.3) is 0 Å². The molecule has 0 unspecified atom stereocenters. The van der Waals surface area contributed by atoms with E-state index in [1.807, 2.05) is 6.07 Å². The predicted octanol–water partition coefficient (Wildman–Crippen LogP) is 2.03. The molecule has 1 amide bonds. The van der Waals surface area contributed by atoms with Crippen LogP contribution in [0, 0.1) is 21.4 Å². The molecule has 0 aliphatic carbocycles. The molecule has 0 heterocycles. The van der Waals surface area contributed by atoms with E-state index in [9.17, 15) is 14.9 Å². The average Bonchev–Trinajstić information content (AvgIpc) is 2.38. The third kappa shape index (κ3) is 3.45. The van der Waals surface area contributed by atoms with E-state index < -0.39 is 16.4 Å². The van der Waals surface area contributed by atoms with E-state index in [-0.39, 0.29) is 23.6 Å². The third-order valence-corrected chi connectivity index (χ3v) is 2.43. The maximum Gasteiger partial charge on any atom is 0.311 e. The van der Waals surface area contributed by atoms with Crippen LogP contribution in [0.5, 0.6) is 5.75 Å². The average molecular weight is 277 g/mol. The number of hydrogen-bond acceptors (Lipinski definition) is 5. The highest BCUT2D eigenvalue weighted by Crippen LogP contribution is 2.31. The van der Waals surface area contributed by atoms with E-state index in [0.29, 0.717) is 0 Å². The van der Waals surface area contributed by atoms with Crippen molar-refractivity contribution in [1.29, 1.82) is 5.26 Å². The van der Waals surface area contributed by atoms with Gasteiger partial charge >= 0.3 is 5.69 Å². The van der Waals surface area contributed by atoms with Crippen LogP contribution in [0.3, 0.4) is 0 Å². The molecule has 1 rings (SSSR count). The molecule has 1 aromatic rings. The van der Waals surface area contributed by atoms with Crippen molar-refractivity contribution in [2.75, 3.05) is 6.61 Å². The molecule has 0 bridgehead atoms. The van der Waals surface area contributed by atoms with E-state index in [0.717, 1.165) is 0 Å². The van der Waals surface area contributed by atoms with Gasteiger partial charge in [-0.1, -0.05) is 6.07 Å². The van der Waals surface area contributed by atoms with Crippen molar-refractivity contribution in [2.24, 2.45) is 0 Å². The Morgan fingerprint density at radius 2 is 2.20 bits per heavy atom. The Morgan fingerprint density at radius 1 is 1.55 bits per heavy atom. The topological polar surface area (TPSA) is 105 Å². The lowest BCUT2D eigenvalue weighted by molar-refractivity contribution is -0.385. The number of ether oxygens (including phenoxy) is 1. The second-order valence-corrected chi connectivity index (χ2v) is 4.53. The summed E-state index contributed by atoms with van der Waals surface area (Å²) in [4.78, 5) is 22.5. The van der Waals surface area contributed by atoms with Gasteiger partial charge in [-0.3, -0.25) is 14.9 Å². The van der Waals surface area contributed by atoms with Gasteiger partial charge in [0.25, 0.3) is 5.91 Å². The minimum Gasteiger partial charge on any atom is -0.487 e. The highest BCUT2D eigenvalue weighted by atomic mass is 16.6. The van der Waals surface area contributed by atoms with E-state index in [1.54, 1.807) is 6.92 Å². The van der Waals surface area contributed by atoms with Crippen molar-refractivity contribution >= 4 is 11.6 Å². The molecule has 0 aromatic heterocycles. The van der Waals surface area contributed by atoms with E-state index in [4.69, 9.17) is 10.00 Å². The van der Waals surface area contributed by atoms with Gasteiger partial charge in [0.05, 0.1) is 23.2 Å². The number of amides is 1. The molecular formula is C13H15N3O4. The zero-order valence-electron chi connectivity index (χ0n) is 11.5. The number of benzene rings is 1. The lowest BCUT2D eigenvalue weighted by Crippen LogP contribution is -2.42. The molecule has 1 aromatic carbocycles. The largest absolute Gasteiger partial charge is 0.487 e. The van der Waals surface area contributed by atoms with Crippen LogP contribution in [-0.4, -0.2) is 23.0 Å². The number of nitro benzene ring substituents is 1. The molecule has 0 spiro atoms. The third-order valence-electron chi connectivity index (χ3n) is 2.43. The number of hydrogen-bond donors (Lipinski definition) is 1. The van der Waals surface area contributed by atoms with Crippen LogP contribution in [0.1, 0.15) is 31.1 Å². The fourth-order valence-corrected chi connectivity index (χ4v) is 1.52. The summed E-state index contributed by atoms with van der Waals surface area (Å²) < 4.78 is 5.21. The summed E-state index contributed by atoms with van der Waals surface area (Å²) >= 11 is 0. The van der Waals surface area contributed by atoms with Crippen LogP contribution in [0.4, 0.5) is 5.69 Å². The normalized spacial score (nSPS) is 10.5. The fraction of sp³-hybridized carbons (Fsp3) is 0.385. The molecule has 20 heavy (non-hydrogen) atoms. The summed E-state index contributed by atoms with van der Waals surface area (Å²) in [7, 11) is 0. The molecule has 7 heteroatoms. The summed E-state index contributed by atoms with van der Waals surface area (Å²) in [5.74, 6) is -0.685. The van der Waals surface area contributed by atoms with Crippen LogP contribution < -0.4 is 10.1 Å². The molecule has 0 atom stereocenters. The van der Waals surface area contributed by atoms with Crippen LogP contribution in [0.2, 0.25) is 0 Å². The molecule has 0 fully saturated rings. The summed E-state index contributed by atoms with van der Waals surface area (Å²) in [6.07, 6.45) is 0. The Hall–Kier alpha value is -2.62. The van der Waals surface area contributed by atoms with Gasteiger partial charge in [-0.25, -0.2) is 0 Å². The first-order valence-electron chi connectivity index (χ1n) is 5.96. The molecular weight excluding hydrogens is 262 g/mol. The number of para-hydroxylation sites is 1. The van der Waals surface area contributed by atoms with Crippen molar-refractivity contribution in [3.63, 3.8) is 0 Å². The zero-order chi connectivity index (χ0) is 15.3. The highest BCUT2D eigenvalue weighted by Gasteiger charge is 2.26. The second-order valence-electron chi connectivity index (χ2n) is 4.53. The van der Waals surface area contributed by atoms with Crippen LogP contribution >= 0.6 is 0 Å². The Balaban J connectivity index is 3.24. The Labute approximate surface area is 116 Å². The van der Waals surface area contributed by atoms with Gasteiger partial charge in [-0.15, -0.1) is 0 Å². The Kier molecular flexibility index (Phi) is 4.64. The molecule has 7 nitrogen and oxygen atoms in total. The van der Waals surface area contributed by atoms with Gasteiger partial charge in [0.1, 0.15) is 5.54 Å². The zero-order valence-corrected chi connectivity index (χ0v) is 11.5. The first-order chi connectivity index (χ1) is 9.32. The lowest BCUT2D eigenvalue weighted by atomic mass is 10.1. The summed E-state index contributed by atoms with van der Waals surface area (Å²) in [5, 5.41) is 22.3. The number of carbonyl (C=O) groups is 1. The van der Waals surface area contributed by atoms with E-state index >= 15 is 0 Å². The summed E-state index contributed by atoms with van der Waals surface area (Å²) in [6, 6.07) is 6.00. The minimum absolute atomic E-state index is 0.0318. The van der Waals surface area contributed by atoms with Gasteiger partial charge < -0.3 is 10.1 Å². The van der Waals surface area contributed by atoms with Crippen molar-refractivity contribution in [3.05, 3.63) is 33.9 Å². The SMILES string of the molecule is CCOc1c(C(=O)NC(C)(C)C#N)cccc1[N+](=O)[O-]. The Morgan fingerprint density at radius 3 is 2.70 bits per heavy atom. The van der Waals surface area contributed by atoms with E-state index in [2.05, 4.69) is 5.32 Å². The summed E-state index contributed by atoms with van der Waals surface area (Å²) in [6.45, 7) is 4.91. The smallest absolute Gasteiger partial charge is 0.311 e. The molecule has 0 saturated carbocycles. The monoisotopic (exact) mass is 277 g/mol. The van der Waals surface area contributed by atoms with Gasteiger partial charge in [-0.05, 0) is 26.8 Å². The van der Waals surface area contributed by atoms with Gasteiger partial charge in [0.15, 0.2) is 0 Å². The van der Waals surface area contributed by atoms with Crippen molar-refractivity contribution in [3.8, 4) is 11.8 Å². The number of rotatable bonds is 5. The van der Waals surface area contributed by atoms with E-state index in [1.165, 1.54) is 32.0 Å². The first kappa shape index (κ1) is 15.4. The molecule has 0 aliphatic rings. The van der Waals surface area contributed by atoms with Gasteiger partial charge in [0.2, 0.25) is 5.75 Å². The van der Waals surface area contributed by atoms with Crippen molar-refractivity contribution < 1.29 is 14.5 Å². The maximum atomic E-state index is 12.1. The maximum absolute atomic E-state index is 12.1. The second kappa shape index (κ2) is 6.02. The van der Waals surface area contributed by atoms with Crippen LogP contribution in [0.15, 0.2) is 18.2 Å². The standard InChI is InChI=1S/C13H15N3O4/c1-4-20-11-9(6-5-7-10(11)16(18)19)12(17)15-13(2,3)8-14/h5-7H,4H2,1-3H3,(H,15,17). The molecule has 0 radical (unpaired) electrons. The first-order valence-corrected chi connectivity index (χ1v) is 5.96. The number of nitrogens with zero attached hydrogens (tertiary/aromatic N) is 2. The quantitative estimate of drug-likeness (QED) is 0.654. The van der Waals surface area contributed by atoms with Crippen molar-refractivity contribution in [1.82, 2.24) is 5.32 Å². The number of nitriles is 1. The fourth-order valence-electron chi connectivity index (χ4n) is 1.52. The molecule has 0 saturated heterocycles. The molecule has 1 N–H and O–H groups in total.